The fraction of sp³-hybridized carbons (Fsp3) is 0.231. The van der Waals surface area contributed by atoms with Crippen LogP contribution in [0.15, 0.2) is 42.5 Å². The van der Waals surface area contributed by atoms with E-state index in [4.69, 9.17) is 0 Å². The van der Waals surface area contributed by atoms with Crippen LogP contribution in [0.1, 0.15) is 11.1 Å². The summed E-state index contributed by atoms with van der Waals surface area (Å²) in [5.74, 6) is 0. The summed E-state index contributed by atoms with van der Waals surface area (Å²) in [6.45, 7) is 11.7. The molecule has 84 valence electrons. The summed E-state index contributed by atoms with van der Waals surface area (Å²) < 4.78 is 2.22. The minimum absolute atomic E-state index is 0.891. The van der Waals surface area contributed by atoms with E-state index in [-0.39, 0.29) is 0 Å². The van der Waals surface area contributed by atoms with E-state index in [1.54, 1.807) is 18.1 Å². The van der Waals surface area contributed by atoms with Crippen molar-refractivity contribution in [2.24, 2.45) is 0 Å². The lowest BCUT2D eigenvalue weighted by atomic mass is 10.1. The molecule has 0 atom stereocenters. The number of nitrogens with one attached hydrogen (secondary N) is 1. The molecule has 3 heteroatoms. The summed E-state index contributed by atoms with van der Waals surface area (Å²) in [6, 6.07) is 6.51. The fourth-order valence-electron chi connectivity index (χ4n) is 1.71. The molecule has 2 nitrogen and oxygen atoms in total. The summed E-state index contributed by atoms with van der Waals surface area (Å²) in [5.41, 5.74) is 3.66. The Morgan fingerprint density at radius 1 is 1.50 bits per heavy atom. The van der Waals surface area contributed by atoms with E-state index in [9.17, 15) is 0 Å². The van der Waals surface area contributed by atoms with Gasteiger partial charge in [0.05, 0.1) is 0 Å². The molecular formula is C13H16N2S. The van der Waals surface area contributed by atoms with Crippen molar-refractivity contribution >= 4 is 17.6 Å². The molecule has 2 rings (SSSR count). The highest BCUT2D eigenvalue weighted by Gasteiger charge is 2.22. The molecule has 0 spiro atoms. The second kappa shape index (κ2) is 4.66. The molecule has 0 fully saturated rings. The largest absolute Gasteiger partial charge is 0.390 e. The molecule has 0 bridgehead atoms. The number of hydrogen-bond donors (Lipinski definition) is 1. The molecule has 1 aliphatic heterocycles. The van der Waals surface area contributed by atoms with Gasteiger partial charge in [-0.05, 0) is 37.2 Å². The van der Waals surface area contributed by atoms with Crippen molar-refractivity contribution < 1.29 is 0 Å². The Hall–Kier alpha value is -1.35. The first-order valence-corrected chi connectivity index (χ1v) is 6.09. The highest BCUT2D eigenvalue weighted by atomic mass is 32.2. The summed E-state index contributed by atoms with van der Waals surface area (Å²) >= 11 is 1.76. The predicted octanol–water partition coefficient (Wildman–Crippen LogP) is 3.02. The Labute approximate surface area is 101 Å². The van der Waals surface area contributed by atoms with E-state index >= 15 is 0 Å². The Kier molecular flexibility index (Phi) is 3.25. The van der Waals surface area contributed by atoms with E-state index in [0.29, 0.717) is 0 Å². The zero-order chi connectivity index (χ0) is 11.5. The lowest BCUT2D eigenvalue weighted by Gasteiger charge is -2.17. The van der Waals surface area contributed by atoms with Gasteiger partial charge < -0.3 is 9.62 Å². The van der Waals surface area contributed by atoms with Gasteiger partial charge >= 0.3 is 0 Å². The van der Waals surface area contributed by atoms with Crippen LogP contribution in [0.4, 0.5) is 0 Å². The SMILES string of the molecule is C=CNCCN1Sc2ccc(C)cc2C1=C. The third-order valence-corrected chi connectivity index (χ3v) is 3.74. The number of aryl methyl sites for hydroxylation is 1. The van der Waals surface area contributed by atoms with Gasteiger partial charge in [-0.15, -0.1) is 0 Å². The van der Waals surface area contributed by atoms with Crippen LogP contribution in [-0.2, 0) is 0 Å². The predicted molar refractivity (Wildman–Crippen MR) is 71.0 cm³/mol. The first kappa shape index (κ1) is 11.1. The van der Waals surface area contributed by atoms with Crippen molar-refractivity contribution in [3.63, 3.8) is 0 Å². The van der Waals surface area contributed by atoms with Crippen LogP contribution in [0.5, 0.6) is 0 Å². The summed E-state index contributed by atoms with van der Waals surface area (Å²) in [7, 11) is 0. The van der Waals surface area contributed by atoms with Crippen molar-refractivity contribution in [2.75, 3.05) is 13.1 Å². The van der Waals surface area contributed by atoms with Gasteiger partial charge in [0.2, 0.25) is 0 Å². The molecule has 1 heterocycles. The second-order valence-electron chi connectivity index (χ2n) is 3.80. The zero-order valence-electron chi connectivity index (χ0n) is 9.49. The molecule has 0 radical (unpaired) electrons. The summed E-state index contributed by atoms with van der Waals surface area (Å²) in [6.07, 6.45) is 1.72. The van der Waals surface area contributed by atoms with Gasteiger partial charge in [0.1, 0.15) is 0 Å². The number of nitrogens with zero attached hydrogens (tertiary/aromatic N) is 1. The fourth-order valence-corrected chi connectivity index (χ4v) is 2.74. The molecule has 16 heavy (non-hydrogen) atoms. The van der Waals surface area contributed by atoms with E-state index in [2.05, 4.69) is 47.9 Å². The summed E-state index contributed by atoms with van der Waals surface area (Å²) in [4.78, 5) is 1.30. The van der Waals surface area contributed by atoms with Crippen LogP contribution < -0.4 is 5.32 Å². The maximum absolute atomic E-state index is 4.15. The molecule has 0 unspecified atom stereocenters. The third-order valence-electron chi connectivity index (χ3n) is 2.56. The van der Waals surface area contributed by atoms with Crippen molar-refractivity contribution in [2.45, 2.75) is 11.8 Å². The van der Waals surface area contributed by atoms with Crippen LogP contribution in [0.2, 0.25) is 0 Å². The summed E-state index contributed by atoms with van der Waals surface area (Å²) in [5, 5.41) is 3.10. The maximum atomic E-state index is 4.15. The molecule has 1 N–H and O–H groups in total. The van der Waals surface area contributed by atoms with Crippen molar-refractivity contribution in [3.05, 3.63) is 48.7 Å². The highest BCUT2D eigenvalue weighted by Crippen LogP contribution is 2.42. The van der Waals surface area contributed by atoms with Gasteiger partial charge in [-0.25, -0.2) is 0 Å². The highest BCUT2D eigenvalue weighted by molar-refractivity contribution is 7.97. The Bertz CT molecular complexity index is 426. The molecule has 0 saturated heterocycles. The second-order valence-corrected chi connectivity index (χ2v) is 4.86. The van der Waals surface area contributed by atoms with Gasteiger partial charge in [0.15, 0.2) is 0 Å². The molecular weight excluding hydrogens is 216 g/mol. The topological polar surface area (TPSA) is 15.3 Å². The lowest BCUT2D eigenvalue weighted by Crippen LogP contribution is -2.21. The van der Waals surface area contributed by atoms with Crippen LogP contribution in [0, 0.1) is 6.92 Å². The quantitative estimate of drug-likeness (QED) is 0.634. The zero-order valence-corrected chi connectivity index (χ0v) is 10.3. The van der Waals surface area contributed by atoms with E-state index in [1.165, 1.54) is 16.0 Å². The van der Waals surface area contributed by atoms with Crippen LogP contribution in [-0.4, -0.2) is 17.4 Å². The molecule has 0 aliphatic carbocycles. The molecule has 0 saturated carbocycles. The standard InChI is InChI=1S/C13H16N2S/c1-4-14-7-8-15-11(3)12-9-10(2)5-6-13(12)16-15/h4-6,9,14H,1,3,7-8H2,2H3. The van der Waals surface area contributed by atoms with Crippen LogP contribution in [0.3, 0.4) is 0 Å². The normalized spacial score (nSPS) is 13.8. The number of rotatable bonds is 4. The van der Waals surface area contributed by atoms with Gasteiger partial charge in [0, 0.05) is 29.2 Å². The van der Waals surface area contributed by atoms with Crippen LogP contribution in [0.25, 0.3) is 5.70 Å². The van der Waals surface area contributed by atoms with Crippen molar-refractivity contribution in [1.29, 1.82) is 0 Å². The Morgan fingerprint density at radius 2 is 2.31 bits per heavy atom. The van der Waals surface area contributed by atoms with E-state index in [1.807, 2.05) is 0 Å². The van der Waals surface area contributed by atoms with Gasteiger partial charge in [0.25, 0.3) is 0 Å². The molecule has 1 aromatic carbocycles. The number of hydrogen-bond acceptors (Lipinski definition) is 3. The minimum Gasteiger partial charge on any atom is -0.390 e. The maximum Gasteiger partial charge on any atom is 0.0486 e. The first-order chi connectivity index (χ1) is 7.72. The first-order valence-electron chi connectivity index (χ1n) is 5.32. The molecule has 0 amide bonds. The monoisotopic (exact) mass is 232 g/mol. The van der Waals surface area contributed by atoms with Crippen molar-refractivity contribution in [3.8, 4) is 0 Å². The average molecular weight is 232 g/mol. The molecule has 1 aromatic rings. The van der Waals surface area contributed by atoms with Crippen LogP contribution >= 0.6 is 11.9 Å². The van der Waals surface area contributed by atoms with E-state index in [0.717, 1.165) is 18.8 Å². The average Bonchev–Trinajstić information content (AvgIpc) is 2.57. The number of fused-ring (bicyclic) bond motifs is 1. The lowest BCUT2D eigenvalue weighted by molar-refractivity contribution is 0.629. The minimum atomic E-state index is 0.891. The van der Waals surface area contributed by atoms with Crippen molar-refractivity contribution in [1.82, 2.24) is 9.62 Å². The van der Waals surface area contributed by atoms with Gasteiger partial charge in [-0.1, -0.05) is 24.8 Å². The van der Waals surface area contributed by atoms with Gasteiger partial charge in [-0.2, -0.15) is 0 Å². The Balaban J connectivity index is 2.09. The number of benzene rings is 1. The smallest absolute Gasteiger partial charge is 0.0486 e. The third kappa shape index (κ3) is 2.09. The van der Waals surface area contributed by atoms with Gasteiger partial charge in [-0.3, -0.25) is 0 Å². The van der Waals surface area contributed by atoms with E-state index < -0.39 is 0 Å². The molecule has 1 aliphatic rings. The Morgan fingerprint density at radius 3 is 3.06 bits per heavy atom. The molecule has 0 aromatic heterocycles.